The van der Waals surface area contributed by atoms with Crippen LogP contribution in [0.3, 0.4) is 0 Å². The van der Waals surface area contributed by atoms with E-state index in [1.54, 1.807) is 13.0 Å². The highest BCUT2D eigenvalue weighted by Gasteiger charge is 2.16. The average Bonchev–Trinajstić information content (AvgIpc) is 2.57. The van der Waals surface area contributed by atoms with Crippen molar-refractivity contribution in [3.63, 3.8) is 0 Å². The summed E-state index contributed by atoms with van der Waals surface area (Å²) in [5, 5.41) is 4.66. The summed E-state index contributed by atoms with van der Waals surface area (Å²) in [6.45, 7) is 1.63. The quantitative estimate of drug-likeness (QED) is 0.672. The number of hydrogen-bond donors (Lipinski definition) is 1. The van der Waals surface area contributed by atoms with Gasteiger partial charge in [0.1, 0.15) is 11.6 Å². The second-order valence-corrected chi connectivity index (χ2v) is 6.30. The van der Waals surface area contributed by atoms with E-state index in [1.165, 1.54) is 12.1 Å². The Morgan fingerprint density at radius 3 is 2.58 bits per heavy atom. The lowest BCUT2D eigenvalue weighted by atomic mass is 10.1. The van der Waals surface area contributed by atoms with Gasteiger partial charge in [0, 0.05) is 4.47 Å². The Bertz CT molecular complexity index is 897. The number of hydrogen-bond acceptors (Lipinski definition) is 2. The number of halogens is 2. The smallest absolute Gasteiger partial charge is 0.265 e. The van der Waals surface area contributed by atoms with Crippen molar-refractivity contribution in [3.8, 4) is 5.75 Å². The van der Waals surface area contributed by atoms with Gasteiger partial charge in [0.15, 0.2) is 6.10 Å². The van der Waals surface area contributed by atoms with Crippen molar-refractivity contribution >= 4 is 38.3 Å². The van der Waals surface area contributed by atoms with Crippen molar-refractivity contribution in [3.05, 3.63) is 71.0 Å². The molecule has 0 aromatic heterocycles. The Morgan fingerprint density at radius 1 is 1.08 bits per heavy atom. The molecule has 0 radical (unpaired) electrons. The molecule has 0 unspecified atom stereocenters. The number of amides is 1. The zero-order valence-electron chi connectivity index (χ0n) is 12.9. The summed E-state index contributed by atoms with van der Waals surface area (Å²) in [5.74, 6) is -0.326. The van der Waals surface area contributed by atoms with E-state index < -0.39 is 17.8 Å². The molecule has 0 heterocycles. The van der Waals surface area contributed by atoms with Gasteiger partial charge in [-0.05, 0) is 48.0 Å². The standard InChI is InChI=1S/C19H15BrFNO2/c1-12(19(23)22-18-9-7-15(20)11-17(18)21)24-16-8-6-13-4-2-3-5-14(13)10-16/h2-12H,1H3,(H,22,23)/t12-/m1/s1. The van der Waals surface area contributed by atoms with Crippen molar-refractivity contribution in [2.24, 2.45) is 0 Å². The number of benzene rings is 3. The van der Waals surface area contributed by atoms with E-state index in [0.717, 1.165) is 10.8 Å². The molecular formula is C19H15BrFNO2. The second-order valence-electron chi connectivity index (χ2n) is 5.38. The van der Waals surface area contributed by atoms with Crippen LogP contribution in [-0.4, -0.2) is 12.0 Å². The van der Waals surface area contributed by atoms with Crippen molar-refractivity contribution in [2.45, 2.75) is 13.0 Å². The molecule has 3 aromatic rings. The van der Waals surface area contributed by atoms with Crippen molar-refractivity contribution < 1.29 is 13.9 Å². The Hall–Kier alpha value is -2.40. The molecule has 3 rings (SSSR count). The molecule has 0 saturated carbocycles. The average molecular weight is 388 g/mol. The van der Waals surface area contributed by atoms with Gasteiger partial charge in [-0.2, -0.15) is 0 Å². The van der Waals surface area contributed by atoms with Gasteiger partial charge < -0.3 is 10.1 Å². The van der Waals surface area contributed by atoms with Gasteiger partial charge >= 0.3 is 0 Å². The summed E-state index contributed by atoms with van der Waals surface area (Å²) in [6, 6.07) is 18.0. The van der Waals surface area contributed by atoms with E-state index in [9.17, 15) is 9.18 Å². The lowest BCUT2D eigenvalue weighted by Gasteiger charge is -2.15. The number of rotatable bonds is 4. The minimum absolute atomic E-state index is 0.122. The van der Waals surface area contributed by atoms with Crippen LogP contribution in [-0.2, 0) is 4.79 Å². The fraction of sp³-hybridized carbons (Fsp3) is 0.105. The van der Waals surface area contributed by atoms with Crippen LogP contribution in [0.5, 0.6) is 5.75 Å². The molecule has 0 aliphatic rings. The topological polar surface area (TPSA) is 38.3 Å². The van der Waals surface area contributed by atoms with Gasteiger partial charge in [-0.1, -0.05) is 46.3 Å². The first-order valence-corrected chi connectivity index (χ1v) is 8.23. The largest absolute Gasteiger partial charge is 0.481 e. The third kappa shape index (κ3) is 3.74. The fourth-order valence-electron chi connectivity index (χ4n) is 2.32. The Kier molecular flexibility index (Phi) is 4.81. The third-order valence-electron chi connectivity index (χ3n) is 3.59. The van der Waals surface area contributed by atoms with E-state index in [2.05, 4.69) is 21.2 Å². The lowest BCUT2D eigenvalue weighted by molar-refractivity contribution is -0.122. The minimum atomic E-state index is -0.755. The number of carbonyl (C=O) groups is 1. The number of nitrogens with one attached hydrogen (secondary N) is 1. The predicted molar refractivity (Wildman–Crippen MR) is 96.8 cm³/mol. The SMILES string of the molecule is C[C@@H](Oc1ccc2ccccc2c1)C(=O)Nc1ccc(Br)cc1F. The normalized spacial score (nSPS) is 12.0. The molecule has 0 aliphatic carbocycles. The highest BCUT2D eigenvalue weighted by molar-refractivity contribution is 9.10. The van der Waals surface area contributed by atoms with E-state index in [-0.39, 0.29) is 5.69 Å². The first kappa shape index (κ1) is 16.5. The second kappa shape index (κ2) is 7.01. The number of ether oxygens (including phenoxy) is 1. The van der Waals surface area contributed by atoms with Crippen LogP contribution >= 0.6 is 15.9 Å². The predicted octanol–water partition coefficient (Wildman–Crippen LogP) is 5.15. The van der Waals surface area contributed by atoms with E-state index in [1.807, 2.05) is 42.5 Å². The van der Waals surface area contributed by atoms with Crippen LogP contribution in [0.2, 0.25) is 0 Å². The van der Waals surface area contributed by atoms with Gasteiger partial charge in [0.25, 0.3) is 5.91 Å². The van der Waals surface area contributed by atoms with Gasteiger partial charge in [-0.15, -0.1) is 0 Å². The van der Waals surface area contributed by atoms with Crippen molar-refractivity contribution in [2.75, 3.05) is 5.32 Å². The third-order valence-corrected chi connectivity index (χ3v) is 4.09. The Morgan fingerprint density at radius 2 is 1.83 bits per heavy atom. The molecule has 3 aromatic carbocycles. The summed E-state index contributed by atoms with van der Waals surface area (Å²) in [6.07, 6.45) is -0.755. The summed E-state index contributed by atoms with van der Waals surface area (Å²) in [7, 11) is 0. The molecule has 1 N–H and O–H groups in total. The molecule has 1 amide bonds. The monoisotopic (exact) mass is 387 g/mol. The Balaban J connectivity index is 1.70. The summed E-state index contributed by atoms with van der Waals surface area (Å²) >= 11 is 3.18. The minimum Gasteiger partial charge on any atom is -0.481 e. The molecule has 5 heteroatoms. The zero-order valence-corrected chi connectivity index (χ0v) is 14.5. The van der Waals surface area contributed by atoms with Crippen LogP contribution in [0.15, 0.2) is 65.1 Å². The number of fused-ring (bicyclic) bond motifs is 1. The highest BCUT2D eigenvalue weighted by atomic mass is 79.9. The molecule has 0 spiro atoms. The first-order chi connectivity index (χ1) is 11.5. The highest BCUT2D eigenvalue weighted by Crippen LogP contribution is 2.23. The summed E-state index contributed by atoms with van der Waals surface area (Å²) in [4.78, 5) is 12.2. The number of anilines is 1. The maximum Gasteiger partial charge on any atom is 0.265 e. The van der Waals surface area contributed by atoms with Crippen LogP contribution in [0, 0.1) is 5.82 Å². The maximum atomic E-state index is 13.8. The van der Waals surface area contributed by atoms with E-state index in [0.29, 0.717) is 10.2 Å². The van der Waals surface area contributed by atoms with Gasteiger partial charge in [-0.3, -0.25) is 4.79 Å². The van der Waals surface area contributed by atoms with Gasteiger partial charge in [0.2, 0.25) is 0 Å². The molecule has 1 atom stereocenters. The van der Waals surface area contributed by atoms with Crippen molar-refractivity contribution in [1.29, 1.82) is 0 Å². The molecule has 0 aliphatic heterocycles. The van der Waals surface area contributed by atoms with E-state index in [4.69, 9.17) is 4.74 Å². The van der Waals surface area contributed by atoms with Crippen molar-refractivity contribution in [1.82, 2.24) is 0 Å². The molecule has 0 fully saturated rings. The molecule has 122 valence electrons. The van der Waals surface area contributed by atoms with Crippen LogP contribution < -0.4 is 10.1 Å². The van der Waals surface area contributed by atoms with Gasteiger partial charge in [-0.25, -0.2) is 4.39 Å². The van der Waals surface area contributed by atoms with Crippen LogP contribution in [0.4, 0.5) is 10.1 Å². The first-order valence-electron chi connectivity index (χ1n) is 7.44. The molecule has 3 nitrogen and oxygen atoms in total. The maximum absolute atomic E-state index is 13.8. The lowest BCUT2D eigenvalue weighted by Crippen LogP contribution is -2.30. The molecule has 0 saturated heterocycles. The summed E-state index contributed by atoms with van der Waals surface area (Å²) in [5.41, 5.74) is 0.122. The number of carbonyl (C=O) groups excluding carboxylic acids is 1. The van der Waals surface area contributed by atoms with E-state index >= 15 is 0 Å². The molecular weight excluding hydrogens is 373 g/mol. The van der Waals surface area contributed by atoms with Crippen LogP contribution in [0.1, 0.15) is 6.92 Å². The fourth-order valence-corrected chi connectivity index (χ4v) is 2.66. The summed E-state index contributed by atoms with van der Waals surface area (Å²) < 4.78 is 20.1. The van der Waals surface area contributed by atoms with Crippen LogP contribution in [0.25, 0.3) is 10.8 Å². The van der Waals surface area contributed by atoms with Gasteiger partial charge in [0.05, 0.1) is 5.69 Å². The zero-order chi connectivity index (χ0) is 17.1. The molecule has 24 heavy (non-hydrogen) atoms. The molecule has 0 bridgehead atoms. The Labute approximate surface area is 147 Å².